The molecule has 2 aromatic carbocycles. The summed E-state index contributed by atoms with van der Waals surface area (Å²) in [4.78, 5) is 12.2. The summed E-state index contributed by atoms with van der Waals surface area (Å²) in [6.07, 6.45) is -0.0718. The van der Waals surface area contributed by atoms with Crippen LogP contribution in [0.3, 0.4) is 0 Å². The van der Waals surface area contributed by atoms with Crippen LogP contribution in [0.1, 0.15) is 16.8 Å². The summed E-state index contributed by atoms with van der Waals surface area (Å²) >= 11 is 0. The highest BCUT2D eigenvalue weighted by atomic mass is 16.5. The van der Waals surface area contributed by atoms with Crippen LogP contribution in [0.15, 0.2) is 42.5 Å². The summed E-state index contributed by atoms with van der Waals surface area (Å²) in [6, 6.07) is 13.4. The lowest BCUT2D eigenvalue weighted by Gasteiger charge is -2.11. The van der Waals surface area contributed by atoms with Crippen LogP contribution in [0, 0.1) is 0 Å². The Morgan fingerprint density at radius 1 is 1.25 bits per heavy atom. The minimum absolute atomic E-state index is 0.119. The highest BCUT2D eigenvalue weighted by molar-refractivity contribution is 6.06. The quantitative estimate of drug-likeness (QED) is 0.846. The average molecular weight is 273 g/mol. The van der Waals surface area contributed by atoms with Crippen molar-refractivity contribution in [3.05, 3.63) is 48.0 Å². The van der Waals surface area contributed by atoms with Crippen molar-refractivity contribution in [2.24, 2.45) is 0 Å². The zero-order chi connectivity index (χ0) is 14.4. The standard InChI is InChI=1S/C16H19NO3/c1-20-11-13(18)9-10-17-16(19)15-8-4-6-12-5-2-3-7-14(12)15/h2-8,13,18H,9-11H2,1H3,(H,17,19). The molecule has 2 N–H and O–H groups in total. The van der Waals surface area contributed by atoms with Crippen molar-refractivity contribution < 1.29 is 14.6 Å². The molecule has 1 amide bonds. The van der Waals surface area contributed by atoms with E-state index in [1.807, 2.05) is 42.5 Å². The molecule has 0 spiro atoms. The molecule has 0 radical (unpaired) electrons. The first kappa shape index (κ1) is 14.5. The van der Waals surface area contributed by atoms with Gasteiger partial charge in [-0.05, 0) is 23.3 Å². The van der Waals surface area contributed by atoms with E-state index in [4.69, 9.17) is 4.74 Å². The first-order valence-electron chi connectivity index (χ1n) is 6.65. The van der Waals surface area contributed by atoms with Crippen molar-refractivity contribution >= 4 is 16.7 Å². The Hall–Kier alpha value is -1.91. The molecule has 0 aromatic heterocycles. The van der Waals surface area contributed by atoms with Crippen LogP contribution in [-0.2, 0) is 4.74 Å². The van der Waals surface area contributed by atoms with E-state index in [9.17, 15) is 9.90 Å². The van der Waals surface area contributed by atoms with Gasteiger partial charge in [0.15, 0.2) is 0 Å². The van der Waals surface area contributed by atoms with E-state index >= 15 is 0 Å². The van der Waals surface area contributed by atoms with Crippen molar-refractivity contribution in [2.45, 2.75) is 12.5 Å². The smallest absolute Gasteiger partial charge is 0.251 e. The lowest BCUT2D eigenvalue weighted by atomic mass is 10.0. The molecule has 0 aliphatic heterocycles. The molecular formula is C16H19NO3. The Morgan fingerprint density at radius 3 is 2.80 bits per heavy atom. The van der Waals surface area contributed by atoms with Gasteiger partial charge in [-0.15, -0.1) is 0 Å². The molecule has 0 saturated carbocycles. The third-order valence-corrected chi connectivity index (χ3v) is 3.16. The molecule has 0 aliphatic rings. The van der Waals surface area contributed by atoms with Gasteiger partial charge in [-0.25, -0.2) is 0 Å². The summed E-state index contributed by atoms with van der Waals surface area (Å²) in [5.74, 6) is -0.119. The maximum atomic E-state index is 12.2. The summed E-state index contributed by atoms with van der Waals surface area (Å²) in [5.41, 5.74) is 0.657. The van der Waals surface area contributed by atoms with Gasteiger partial charge < -0.3 is 15.2 Å². The van der Waals surface area contributed by atoms with Crippen LogP contribution in [0.5, 0.6) is 0 Å². The summed E-state index contributed by atoms with van der Waals surface area (Å²) in [7, 11) is 1.54. The Kier molecular flexibility index (Phi) is 5.09. The molecule has 1 unspecified atom stereocenters. The number of nitrogens with one attached hydrogen (secondary N) is 1. The molecule has 0 fully saturated rings. The predicted molar refractivity (Wildman–Crippen MR) is 78.8 cm³/mol. The van der Waals surface area contributed by atoms with E-state index in [1.54, 1.807) is 0 Å². The minimum Gasteiger partial charge on any atom is -0.391 e. The van der Waals surface area contributed by atoms with E-state index in [0.29, 0.717) is 18.5 Å². The molecule has 106 valence electrons. The van der Waals surface area contributed by atoms with Crippen LogP contribution in [-0.4, -0.2) is 37.4 Å². The predicted octanol–water partition coefficient (Wildman–Crippen LogP) is 1.97. The largest absolute Gasteiger partial charge is 0.391 e. The Bertz CT molecular complexity index is 577. The zero-order valence-corrected chi connectivity index (χ0v) is 11.5. The van der Waals surface area contributed by atoms with E-state index in [-0.39, 0.29) is 12.5 Å². The second-order valence-corrected chi connectivity index (χ2v) is 4.68. The Balaban J connectivity index is 2.01. The topological polar surface area (TPSA) is 58.6 Å². The number of benzene rings is 2. The number of fused-ring (bicyclic) bond motifs is 1. The van der Waals surface area contributed by atoms with Gasteiger partial charge in [-0.1, -0.05) is 36.4 Å². The number of aliphatic hydroxyl groups is 1. The number of hydrogen-bond acceptors (Lipinski definition) is 3. The van der Waals surface area contributed by atoms with E-state index in [0.717, 1.165) is 10.8 Å². The maximum Gasteiger partial charge on any atom is 0.251 e. The molecule has 4 nitrogen and oxygen atoms in total. The number of rotatable bonds is 6. The second-order valence-electron chi connectivity index (χ2n) is 4.68. The number of amides is 1. The van der Waals surface area contributed by atoms with Crippen molar-refractivity contribution in [3.63, 3.8) is 0 Å². The number of carbonyl (C=O) groups excluding carboxylic acids is 1. The van der Waals surface area contributed by atoms with Crippen LogP contribution < -0.4 is 5.32 Å². The van der Waals surface area contributed by atoms with Gasteiger partial charge >= 0.3 is 0 Å². The monoisotopic (exact) mass is 273 g/mol. The van der Waals surface area contributed by atoms with Crippen molar-refractivity contribution in [1.82, 2.24) is 5.32 Å². The van der Waals surface area contributed by atoms with Gasteiger partial charge in [0.2, 0.25) is 0 Å². The van der Waals surface area contributed by atoms with Gasteiger partial charge in [0.05, 0.1) is 12.7 Å². The fourth-order valence-electron chi connectivity index (χ4n) is 2.15. The molecule has 0 saturated heterocycles. The van der Waals surface area contributed by atoms with Gasteiger partial charge in [-0.2, -0.15) is 0 Å². The molecule has 0 aliphatic carbocycles. The third kappa shape index (κ3) is 3.56. The normalized spacial score (nSPS) is 12.3. The molecule has 4 heteroatoms. The highest BCUT2D eigenvalue weighted by Gasteiger charge is 2.10. The molecule has 1 atom stereocenters. The average Bonchev–Trinajstić information content (AvgIpc) is 2.47. The van der Waals surface area contributed by atoms with E-state index < -0.39 is 6.10 Å². The minimum atomic E-state index is -0.548. The molecular weight excluding hydrogens is 254 g/mol. The Morgan fingerprint density at radius 2 is 2.00 bits per heavy atom. The van der Waals surface area contributed by atoms with Crippen molar-refractivity contribution in [3.8, 4) is 0 Å². The molecule has 20 heavy (non-hydrogen) atoms. The SMILES string of the molecule is COCC(O)CCNC(=O)c1cccc2ccccc12. The first-order valence-corrected chi connectivity index (χ1v) is 6.65. The summed E-state index contributed by atoms with van der Waals surface area (Å²) < 4.78 is 4.84. The van der Waals surface area contributed by atoms with Crippen LogP contribution in [0.25, 0.3) is 10.8 Å². The zero-order valence-electron chi connectivity index (χ0n) is 11.5. The number of ether oxygens (including phenoxy) is 1. The number of aliphatic hydroxyl groups excluding tert-OH is 1. The maximum absolute atomic E-state index is 12.2. The fourth-order valence-corrected chi connectivity index (χ4v) is 2.15. The van der Waals surface area contributed by atoms with Crippen LogP contribution in [0.4, 0.5) is 0 Å². The third-order valence-electron chi connectivity index (χ3n) is 3.16. The van der Waals surface area contributed by atoms with Crippen LogP contribution >= 0.6 is 0 Å². The molecule has 0 heterocycles. The Labute approximate surface area is 118 Å². The summed E-state index contributed by atoms with van der Waals surface area (Å²) in [6.45, 7) is 0.705. The molecule has 2 rings (SSSR count). The van der Waals surface area contributed by atoms with Gasteiger partial charge in [-0.3, -0.25) is 4.79 Å². The van der Waals surface area contributed by atoms with Gasteiger partial charge in [0, 0.05) is 19.2 Å². The lowest BCUT2D eigenvalue weighted by Crippen LogP contribution is -2.28. The van der Waals surface area contributed by atoms with E-state index in [2.05, 4.69) is 5.32 Å². The fraction of sp³-hybridized carbons (Fsp3) is 0.312. The van der Waals surface area contributed by atoms with Crippen LogP contribution in [0.2, 0.25) is 0 Å². The second kappa shape index (κ2) is 7.03. The van der Waals surface area contributed by atoms with Crippen molar-refractivity contribution in [2.75, 3.05) is 20.3 Å². The van der Waals surface area contributed by atoms with E-state index in [1.165, 1.54) is 7.11 Å². The van der Waals surface area contributed by atoms with Crippen molar-refractivity contribution in [1.29, 1.82) is 0 Å². The first-order chi connectivity index (χ1) is 9.72. The summed E-state index contributed by atoms with van der Waals surface area (Å²) in [5, 5.41) is 14.3. The lowest BCUT2D eigenvalue weighted by molar-refractivity contribution is 0.0588. The number of carbonyl (C=O) groups is 1. The van der Waals surface area contributed by atoms with Gasteiger partial charge in [0.1, 0.15) is 0 Å². The molecule has 2 aromatic rings. The number of methoxy groups -OCH3 is 1. The van der Waals surface area contributed by atoms with Gasteiger partial charge in [0.25, 0.3) is 5.91 Å². The highest BCUT2D eigenvalue weighted by Crippen LogP contribution is 2.18. The molecule has 0 bridgehead atoms. The number of hydrogen-bond donors (Lipinski definition) is 2.